The van der Waals surface area contributed by atoms with Gasteiger partial charge in [-0.2, -0.15) is 0 Å². The van der Waals surface area contributed by atoms with Crippen molar-refractivity contribution in [1.29, 1.82) is 0 Å². The number of hydrogen-bond donors (Lipinski definition) is 0. The zero-order valence-corrected chi connectivity index (χ0v) is 25.7. The van der Waals surface area contributed by atoms with Crippen LogP contribution in [0, 0.1) is 11.8 Å². The van der Waals surface area contributed by atoms with Gasteiger partial charge in [-0.3, -0.25) is 4.90 Å². The van der Waals surface area contributed by atoms with Crippen molar-refractivity contribution in [2.45, 2.75) is 71.1 Å². The van der Waals surface area contributed by atoms with Crippen LogP contribution in [0.1, 0.15) is 74.4 Å². The Kier molecular flexibility index (Phi) is 8.88. The smallest absolute Gasteiger partial charge is 0.410 e. The molecule has 5 rings (SSSR count). The summed E-state index contributed by atoms with van der Waals surface area (Å²) in [4.78, 5) is 18.0. The monoisotopic (exact) mass is 566 g/mol. The lowest BCUT2D eigenvalue weighted by Crippen LogP contribution is -2.48. The minimum Gasteiger partial charge on any atom is -0.493 e. The molecule has 0 bridgehead atoms. The highest BCUT2D eigenvalue weighted by atomic mass is 16.6. The van der Waals surface area contributed by atoms with E-state index in [4.69, 9.17) is 23.7 Å². The zero-order chi connectivity index (χ0) is 29.3. The summed E-state index contributed by atoms with van der Waals surface area (Å²) in [5, 5.41) is 0. The molecule has 4 atom stereocenters. The number of piperidine rings is 1. The number of ether oxygens (including phenoxy) is 5. The summed E-state index contributed by atoms with van der Waals surface area (Å²) in [7, 11) is 6.74. The quantitative estimate of drug-likeness (QED) is 0.377. The van der Waals surface area contributed by atoms with Gasteiger partial charge in [-0.1, -0.05) is 13.3 Å². The fraction of sp³-hybridized carbons (Fsp3) is 0.606. The van der Waals surface area contributed by atoms with Crippen LogP contribution < -0.4 is 18.9 Å². The van der Waals surface area contributed by atoms with E-state index in [0.29, 0.717) is 30.2 Å². The summed E-state index contributed by atoms with van der Waals surface area (Å²) in [6.45, 7) is 8.85. The maximum atomic E-state index is 13.4. The number of methoxy groups -OCH3 is 4. The number of hydrogen-bond acceptors (Lipinski definition) is 7. The van der Waals surface area contributed by atoms with Crippen molar-refractivity contribution in [1.82, 2.24) is 9.80 Å². The van der Waals surface area contributed by atoms with Crippen molar-refractivity contribution in [3.8, 4) is 23.0 Å². The Hall–Kier alpha value is -3.13. The minimum atomic E-state index is -0.240. The fourth-order valence-electron chi connectivity index (χ4n) is 7.31. The topological polar surface area (TPSA) is 69.7 Å². The van der Waals surface area contributed by atoms with E-state index in [9.17, 15) is 4.79 Å². The van der Waals surface area contributed by atoms with Crippen LogP contribution in [0.25, 0.3) is 0 Å². The average Bonchev–Trinajstić information content (AvgIpc) is 2.98. The molecule has 0 radical (unpaired) electrons. The standard InChI is InChI=1S/C33H46N2O6/c1-8-21-19-34-11-9-22-15-29(37-4)31(39-6)17-25(22)27(34)13-24(21)14-28-26-18-32(40-7)30(38-5)16-23(26)10-12-35(28)33(36)41-20(2)3/h15-18,20-21,24,27-28H,8-14,19H2,1-7H3/t21-,24-,27-,28+/m0/s1. The first-order chi connectivity index (χ1) is 19.8. The predicted octanol–water partition coefficient (Wildman–Crippen LogP) is 6.20. The molecule has 3 aliphatic heterocycles. The second kappa shape index (κ2) is 12.4. The molecule has 0 saturated carbocycles. The molecule has 1 amide bonds. The van der Waals surface area contributed by atoms with E-state index in [1.807, 2.05) is 18.7 Å². The Morgan fingerprint density at radius 3 is 1.98 bits per heavy atom. The Bertz CT molecular complexity index is 1250. The molecule has 2 aromatic rings. The molecular formula is C33H46N2O6. The molecule has 8 nitrogen and oxygen atoms in total. The Morgan fingerprint density at radius 2 is 1.39 bits per heavy atom. The Morgan fingerprint density at radius 1 is 0.829 bits per heavy atom. The van der Waals surface area contributed by atoms with Gasteiger partial charge < -0.3 is 28.6 Å². The first-order valence-electron chi connectivity index (χ1n) is 15.0. The van der Waals surface area contributed by atoms with E-state index in [2.05, 4.69) is 36.1 Å². The van der Waals surface area contributed by atoms with Crippen molar-refractivity contribution in [3.63, 3.8) is 0 Å². The first kappa shape index (κ1) is 29.4. The van der Waals surface area contributed by atoms with E-state index in [-0.39, 0.29) is 18.2 Å². The van der Waals surface area contributed by atoms with Gasteiger partial charge in [0.25, 0.3) is 0 Å². The van der Waals surface area contributed by atoms with Crippen LogP contribution in [0.4, 0.5) is 4.79 Å². The van der Waals surface area contributed by atoms with Crippen molar-refractivity contribution < 1.29 is 28.5 Å². The minimum absolute atomic E-state index is 0.0936. The maximum absolute atomic E-state index is 13.4. The molecule has 0 aliphatic carbocycles. The van der Waals surface area contributed by atoms with Crippen LogP contribution in [0.15, 0.2) is 24.3 Å². The molecule has 8 heteroatoms. The number of amides is 1. The summed E-state index contributed by atoms with van der Waals surface area (Å²) >= 11 is 0. The van der Waals surface area contributed by atoms with Gasteiger partial charge in [0.15, 0.2) is 23.0 Å². The third-order valence-corrected chi connectivity index (χ3v) is 9.40. The van der Waals surface area contributed by atoms with Crippen molar-refractivity contribution >= 4 is 6.09 Å². The SMILES string of the molecule is CC[C@H]1CN2CCc3cc(OC)c(OC)cc3[C@@H]2C[C@H]1C[C@@H]1c2cc(OC)c(OC)cc2CCN1C(=O)OC(C)C. The van der Waals surface area contributed by atoms with Gasteiger partial charge in [-0.05, 0) is 97.9 Å². The van der Waals surface area contributed by atoms with Crippen LogP contribution in [-0.4, -0.2) is 70.1 Å². The summed E-state index contributed by atoms with van der Waals surface area (Å²) in [6.07, 6.45) is 4.37. The molecule has 0 spiro atoms. The van der Waals surface area contributed by atoms with Crippen molar-refractivity contribution in [2.24, 2.45) is 11.8 Å². The highest BCUT2D eigenvalue weighted by Gasteiger charge is 2.42. The number of fused-ring (bicyclic) bond motifs is 4. The second-order valence-corrected chi connectivity index (χ2v) is 11.9. The lowest BCUT2D eigenvalue weighted by atomic mass is 9.72. The number of rotatable bonds is 8. The molecule has 1 fully saturated rings. The van der Waals surface area contributed by atoms with Gasteiger partial charge in [-0.15, -0.1) is 0 Å². The highest BCUT2D eigenvalue weighted by molar-refractivity contribution is 5.69. The lowest BCUT2D eigenvalue weighted by molar-refractivity contribution is 0.0226. The zero-order valence-electron chi connectivity index (χ0n) is 25.7. The van der Waals surface area contributed by atoms with Crippen LogP contribution in [0.3, 0.4) is 0 Å². The molecule has 0 aromatic heterocycles. The predicted molar refractivity (Wildman–Crippen MR) is 158 cm³/mol. The van der Waals surface area contributed by atoms with Gasteiger partial charge in [-0.25, -0.2) is 4.79 Å². The van der Waals surface area contributed by atoms with Gasteiger partial charge in [0.2, 0.25) is 0 Å². The van der Waals surface area contributed by atoms with Gasteiger partial charge in [0.1, 0.15) is 0 Å². The molecule has 2 aromatic carbocycles. The van der Waals surface area contributed by atoms with E-state index in [1.54, 1.807) is 28.4 Å². The Balaban J connectivity index is 1.51. The maximum Gasteiger partial charge on any atom is 0.410 e. The van der Waals surface area contributed by atoms with Crippen LogP contribution in [0.5, 0.6) is 23.0 Å². The second-order valence-electron chi connectivity index (χ2n) is 11.9. The summed E-state index contributed by atoms with van der Waals surface area (Å²) in [5.74, 6) is 3.97. The number of carbonyl (C=O) groups is 1. The van der Waals surface area contributed by atoms with E-state index < -0.39 is 0 Å². The van der Waals surface area contributed by atoms with Crippen molar-refractivity contribution in [2.75, 3.05) is 48.1 Å². The molecule has 1 saturated heterocycles. The Labute approximate surface area is 244 Å². The fourth-order valence-corrected chi connectivity index (χ4v) is 7.31. The highest BCUT2D eigenvalue weighted by Crippen LogP contribution is 2.49. The number of nitrogens with zero attached hydrogens (tertiary/aromatic N) is 2. The number of carbonyl (C=O) groups excluding carboxylic acids is 1. The first-order valence-corrected chi connectivity index (χ1v) is 15.0. The summed E-state index contributed by atoms with van der Waals surface area (Å²) in [6, 6.07) is 8.74. The van der Waals surface area contributed by atoms with Gasteiger partial charge in [0, 0.05) is 25.7 Å². The molecule has 0 unspecified atom stereocenters. The van der Waals surface area contributed by atoms with Gasteiger partial charge in [0.05, 0.1) is 40.6 Å². The van der Waals surface area contributed by atoms with E-state index in [0.717, 1.165) is 68.0 Å². The molecule has 3 aliphatic rings. The number of benzene rings is 2. The molecule has 0 N–H and O–H groups in total. The molecule has 3 heterocycles. The van der Waals surface area contributed by atoms with E-state index >= 15 is 0 Å². The third-order valence-electron chi connectivity index (χ3n) is 9.40. The van der Waals surface area contributed by atoms with Crippen LogP contribution in [0.2, 0.25) is 0 Å². The van der Waals surface area contributed by atoms with Crippen molar-refractivity contribution in [3.05, 3.63) is 46.5 Å². The average molecular weight is 567 g/mol. The van der Waals surface area contributed by atoms with Gasteiger partial charge >= 0.3 is 6.09 Å². The largest absolute Gasteiger partial charge is 0.493 e. The molecular weight excluding hydrogens is 520 g/mol. The molecule has 224 valence electrons. The van der Waals surface area contributed by atoms with Crippen LogP contribution in [-0.2, 0) is 17.6 Å². The van der Waals surface area contributed by atoms with Crippen LogP contribution >= 0.6 is 0 Å². The third kappa shape index (κ3) is 5.68. The molecule has 41 heavy (non-hydrogen) atoms. The lowest BCUT2D eigenvalue weighted by Gasteiger charge is -2.49. The van der Waals surface area contributed by atoms with E-state index in [1.165, 1.54) is 16.7 Å². The summed E-state index contributed by atoms with van der Waals surface area (Å²) in [5.41, 5.74) is 5.05. The normalized spacial score (nSPS) is 23.8. The summed E-state index contributed by atoms with van der Waals surface area (Å²) < 4.78 is 28.4.